The van der Waals surface area contributed by atoms with E-state index in [-0.39, 0.29) is 12.6 Å². The van der Waals surface area contributed by atoms with Crippen LogP contribution >= 0.6 is 31.9 Å². The minimum atomic E-state index is -0.103. The summed E-state index contributed by atoms with van der Waals surface area (Å²) in [7, 11) is 1.65. The Morgan fingerprint density at radius 2 is 1.90 bits per heavy atom. The molecule has 0 aromatic heterocycles. The SMILES string of the molecule is COc1c(Br)cc(Br)cc1CNC(CO)c1ccccc1. The van der Waals surface area contributed by atoms with Gasteiger partial charge in [0.05, 0.1) is 24.2 Å². The highest BCUT2D eigenvalue weighted by molar-refractivity contribution is 9.11. The fourth-order valence-corrected chi connectivity index (χ4v) is 3.66. The lowest BCUT2D eigenvalue weighted by Gasteiger charge is -2.18. The monoisotopic (exact) mass is 413 g/mol. The molecule has 2 N–H and O–H groups in total. The van der Waals surface area contributed by atoms with Crippen LogP contribution in [0.5, 0.6) is 5.75 Å². The van der Waals surface area contributed by atoms with Crippen molar-refractivity contribution in [3.05, 3.63) is 62.5 Å². The van der Waals surface area contributed by atoms with E-state index in [0.717, 1.165) is 25.8 Å². The van der Waals surface area contributed by atoms with Crippen molar-refractivity contribution in [2.45, 2.75) is 12.6 Å². The first-order valence-corrected chi connectivity index (χ1v) is 8.15. The van der Waals surface area contributed by atoms with E-state index in [9.17, 15) is 5.11 Å². The van der Waals surface area contributed by atoms with E-state index < -0.39 is 0 Å². The third-order valence-corrected chi connectivity index (χ3v) is 4.26. The van der Waals surface area contributed by atoms with Crippen LogP contribution in [0.15, 0.2) is 51.4 Å². The van der Waals surface area contributed by atoms with Crippen molar-refractivity contribution in [1.82, 2.24) is 5.32 Å². The minimum absolute atomic E-state index is 0.0432. The summed E-state index contributed by atoms with van der Waals surface area (Å²) in [5.41, 5.74) is 2.08. The molecule has 0 saturated carbocycles. The van der Waals surface area contributed by atoms with Gasteiger partial charge in [-0.2, -0.15) is 0 Å². The third kappa shape index (κ3) is 4.30. The van der Waals surface area contributed by atoms with Crippen molar-refractivity contribution in [2.24, 2.45) is 0 Å². The third-order valence-electron chi connectivity index (χ3n) is 3.21. The number of aliphatic hydroxyl groups excluding tert-OH is 1. The van der Waals surface area contributed by atoms with E-state index >= 15 is 0 Å². The number of halogens is 2. The second kappa shape index (κ2) is 7.94. The molecule has 3 nitrogen and oxygen atoms in total. The van der Waals surface area contributed by atoms with Crippen molar-refractivity contribution in [3.8, 4) is 5.75 Å². The Morgan fingerprint density at radius 1 is 1.19 bits per heavy atom. The molecule has 1 unspecified atom stereocenters. The molecule has 0 fully saturated rings. The fraction of sp³-hybridized carbons (Fsp3) is 0.250. The highest BCUT2D eigenvalue weighted by Gasteiger charge is 2.13. The van der Waals surface area contributed by atoms with Gasteiger partial charge in [0, 0.05) is 16.6 Å². The molecule has 2 aromatic rings. The van der Waals surface area contributed by atoms with E-state index in [1.165, 1.54) is 0 Å². The zero-order valence-electron chi connectivity index (χ0n) is 11.6. The summed E-state index contributed by atoms with van der Waals surface area (Å²) in [5, 5.41) is 12.9. The lowest BCUT2D eigenvalue weighted by molar-refractivity contribution is 0.243. The first-order chi connectivity index (χ1) is 10.2. The largest absolute Gasteiger partial charge is 0.495 e. The van der Waals surface area contributed by atoms with Crippen molar-refractivity contribution in [3.63, 3.8) is 0 Å². The molecule has 0 bridgehead atoms. The minimum Gasteiger partial charge on any atom is -0.495 e. The molecule has 0 aliphatic carbocycles. The summed E-state index contributed by atoms with van der Waals surface area (Å²) < 4.78 is 7.31. The lowest BCUT2D eigenvalue weighted by atomic mass is 10.1. The quantitative estimate of drug-likeness (QED) is 0.749. The summed E-state index contributed by atoms with van der Waals surface area (Å²) in [6.07, 6.45) is 0. The number of ether oxygens (including phenoxy) is 1. The van der Waals surface area contributed by atoms with Gasteiger partial charge in [0.15, 0.2) is 0 Å². The van der Waals surface area contributed by atoms with Crippen LogP contribution in [0.4, 0.5) is 0 Å². The molecule has 5 heteroatoms. The molecule has 0 aliphatic heterocycles. The van der Waals surface area contributed by atoms with Crippen molar-refractivity contribution < 1.29 is 9.84 Å². The highest BCUT2D eigenvalue weighted by Crippen LogP contribution is 2.32. The number of hydrogen-bond donors (Lipinski definition) is 2. The molecule has 0 heterocycles. The number of nitrogens with one attached hydrogen (secondary N) is 1. The van der Waals surface area contributed by atoms with Gasteiger partial charge in [-0.15, -0.1) is 0 Å². The van der Waals surface area contributed by atoms with E-state index in [1.807, 2.05) is 42.5 Å². The molecule has 21 heavy (non-hydrogen) atoms. The topological polar surface area (TPSA) is 41.5 Å². The Labute approximate surface area is 141 Å². The maximum atomic E-state index is 9.58. The van der Waals surface area contributed by atoms with Crippen LogP contribution in [-0.2, 0) is 6.54 Å². The molecule has 0 aliphatic rings. The molecular formula is C16H17Br2NO2. The standard InChI is InChI=1S/C16H17Br2NO2/c1-21-16-12(7-13(17)8-14(16)18)9-19-15(10-20)11-5-3-2-4-6-11/h2-8,15,19-20H,9-10H2,1H3. The number of rotatable bonds is 6. The maximum absolute atomic E-state index is 9.58. The van der Waals surface area contributed by atoms with Crippen LogP contribution < -0.4 is 10.1 Å². The summed E-state index contributed by atoms with van der Waals surface area (Å²) in [6.45, 7) is 0.642. The van der Waals surface area contributed by atoms with Gasteiger partial charge >= 0.3 is 0 Å². The predicted molar refractivity (Wildman–Crippen MR) is 91.5 cm³/mol. The van der Waals surface area contributed by atoms with Crippen LogP contribution in [0.1, 0.15) is 17.2 Å². The van der Waals surface area contributed by atoms with Crippen LogP contribution in [0.2, 0.25) is 0 Å². The van der Waals surface area contributed by atoms with Crippen molar-refractivity contribution in [2.75, 3.05) is 13.7 Å². The molecule has 2 rings (SSSR count). The maximum Gasteiger partial charge on any atom is 0.137 e. The lowest BCUT2D eigenvalue weighted by Crippen LogP contribution is -2.24. The Kier molecular flexibility index (Phi) is 6.23. The number of benzene rings is 2. The van der Waals surface area contributed by atoms with Gasteiger partial charge in [-0.1, -0.05) is 46.3 Å². The molecule has 112 valence electrons. The summed E-state index contributed by atoms with van der Waals surface area (Å²) in [6, 6.07) is 13.8. The summed E-state index contributed by atoms with van der Waals surface area (Å²) >= 11 is 6.98. The smallest absolute Gasteiger partial charge is 0.137 e. The fourth-order valence-electron chi connectivity index (χ4n) is 2.18. The van der Waals surface area contributed by atoms with E-state index in [4.69, 9.17) is 4.74 Å². The number of aliphatic hydroxyl groups is 1. The number of hydrogen-bond acceptors (Lipinski definition) is 3. The van der Waals surface area contributed by atoms with Gasteiger partial charge in [0.1, 0.15) is 5.75 Å². The summed E-state index contributed by atoms with van der Waals surface area (Å²) in [5.74, 6) is 0.801. The highest BCUT2D eigenvalue weighted by atomic mass is 79.9. The van der Waals surface area contributed by atoms with Crippen LogP contribution in [0, 0.1) is 0 Å². The second-order valence-electron chi connectivity index (χ2n) is 4.61. The molecule has 1 atom stereocenters. The van der Waals surface area contributed by atoms with Crippen LogP contribution in [-0.4, -0.2) is 18.8 Å². The summed E-state index contributed by atoms with van der Waals surface area (Å²) in [4.78, 5) is 0. The average molecular weight is 415 g/mol. The Hall–Kier alpha value is -0.880. The molecule has 0 saturated heterocycles. The van der Waals surface area contributed by atoms with Crippen LogP contribution in [0.25, 0.3) is 0 Å². The normalized spacial score (nSPS) is 12.2. The first kappa shape index (κ1) is 16.5. The van der Waals surface area contributed by atoms with E-state index in [1.54, 1.807) is 7.11 Å². The van der Waals surface area contributed by atoms with Gasteiger partial charge in [-0.3, -0.25) is 0 Å². The molecule has 0 radical (unpaired) electrons. The van der Waals surface area contributed by atoms with Gasteiger partial charge < -0.3 is 15.2 Å². The van der Waals surface area contributed by atoms with Gasteiger partial charge in [0.2, 0.25) is 0 Å². The predicted octanol–water partition coefficient (Wildman–Crippen LogP) is 4.04. The molecule has 0 amide bonds. The Morgan fingerprint density at radius 3 is 2.52 bits per heavy atom. The van der Waals surface area contributed by atoms with E-state index in [2.05, 4.69) is 37.2 Å². The molecule has 0 spiro atoms. The number of methoxy groups -OCH3 is 1. The van der Waals surface area contributed by atoms with Crippen molar-refractivity contribution in [1.29, 1.82) is 0 Å². The van der Waals surface area contributed by atoms with Crippen LogP contribution in [0.3, 0.4) is 0 Å². The molecule has 2 aromatic carbocycles. The zero-order valence-corrected chi connectivity index (χ0v) is 14.8. The first-order valence-electron chi connectivity index (χ1n) is 6.56. The zero-order chi connectivity index (χ0) is 15.2. The van der Waals surface area contributed by atoms with E-state index in [0.29, 0.717) is 6.54 Å². The Balaban J connectivity index is 2.15. The van der Waals surface area contributed by atoms with Gasteiger partial charge in [-0.05, 0) is 33.6 Å². The van der Waals surface area contributed by atoms with Crippen molar-refractivity contribution >= 4 is 31.9 Å². The van der Waals surface area contributed by atoms with Gasteiger partial charge in [-0.25, -0.2) is 0 Å². The average Bonchev–Trinajstić information content (AvgIpc) is 2.48. The molecular weight excluding hydrogens is 398 g/mol. The second-order valence-corrected chi connectivity index (χ2v) is 6.38. The van der Waals surface area contributed by atoms with Gasteiger partial charge in [0.25, 0.3) is 0 Å². The Bertz CT molecular complexity index is 590.